The van der Waals surface area contributed by atoms with Crippen LogP contribution in [0.3, 0.4) is 0 Å². The summed E-state index contributed by atoms with van der Waals surface area (Å²) in [6.45, 7) is 0.176. The number of benzene rings is 2. The third kappa shape index (κ3) is 4.94. The number of fused-ring (bicyclic) bond motifs is 1. The molecule has 4 rings (SSSR count). The van der Waals surface area contributed by atoms with Gasteiger partial charge in [0.1, 0.15) is 23.9 Å². The number of hydrogen-bond acceptors (Lipinski definition) is 4. The van der Waals surface area contributed by atoms with Gasteiger partial charge in [0.2, 0.25) is 0 Å². The summed E-state index contributed by atoms with van der Waals surface area (Å²) in [5.41, 5.74) is 2.97. The molecule has 0 fully saturated rings. The van der Waals surface area contributed by atoms with Gasteiger partial charge in [0, 0.05) is 5.69 Å². The second kappa shape index (κ2) is 8.14. The van der Waals surface area contributed by atoms with Gasteiger partial charge in [-0.15, -0.1) is 13.2 Å². The van der Waals surface area contributed by atoms with Gasteiger partial charge >= 0.3 is 6.36 Å². The zero-order valence-corrected chi connectivity index (χ0v) is 15.8. The molecule has 0 bridgehead atoms. The molecule has 1 N–H and O–H groups in total. The van der Waals surface area contributed by atoms with Gasteiger partial charge in [0.25, 0.3) is 5.91 Å². The number of rotatable bonds is 6. The maximum Gasteiger partial charge on any atom is 0.573 e. The van der Waals surface area contributed by atoms with Crippen molar-refractivity contribution in [1.29, 1.82) is 0 Å². The molecule has 0 saturated carbocycles. The molecule has 0 aliphatic heterocycles. The molecule has 1 heterocycles. The Morgan fingerprint density at radius 1 is 0.967 bits per heavy atom. The molecule has 1 aliphatic rings. The average molecular weight is 417 g/mol. The molecule has 0 radical (unpaired) electrons. The molecule has 30 heavy (non-hydrogen) atoms. The van der Waals surface area contributed by atoms with Gasteiger partial charge in [0.15, 0.2) is 5.76 Å². The highest BCUT2D eigenvalue weighted by Gasteiger charge is 2.31. The fourth-order valence-corrected chi connectivity index (χ4v) is 3.30. The van der Waals surface area contributed by atoms with E-state index in [1.165, 1.54) is 29.3 Å². The minimum absolute atomic E-state index is 0.0678. The number of amides is 1. The van der Waals surface area contributed by atoms with Crippen LogP contribution < -0.4 is 14.8 Å². The van der Waals surface area contributed by atoms with Crippen molar-refractivity contribution in [2.75, 3.05) is 5.32 Å². The largest absolute Gasteiger partial charge is 0.573 e. The van der Waals surface area contributed by atoms with Crippen molar-refractivity contribution in [3.8, 4) is 11.5 Å². The van der Waals surface area contributed by atoms with Crippen LogP contribution in [0.2, 0.25) is 0 Å². The van der Waals surface area contributed by atoms with Crippen molar-refractivity contribution in [3.63, 3.8) is 0 Å². The van der Waals surface area contributed by atoms with E-state index in [0.717, 1.165) is 37.1 Å². The summed E-state index contributed by atoms with van der Waals surface area (Å²) >= 11 is 0. The van der Waals surface area contributed by atoms with Crippen LogP contribution in [-0.2, 0) is 19.4 Å². The second-order valence-electron chi connectivity index (χ2n) is 6.87. The van der Waals surface area contributed by atoms with Gasteiger partial charge in [-0.3, -0.25) is 4.79 Å². The number of hydrogen-bond donors (Lipinski definition) is 1. The predicted molar refractivity (Wildman–Crippen MR) is 103 cm³/mol. The van der Waals surface area contributed by atoms with E-state index in [2.05, 4.69) is 16.1 Å². The van der Waals surface area contributed by atoms with Crippen molar-refractivity contribution in [2.24, 2.45) is 0 Å². The third-order valence-corrected chi connectivity index (χ3v) is 4.68. The van der Waals surface area contributed by atoms with Gasteiger partial charge in [-0.2, -0.15) is 0 Å². The summed E-state index contributed by atoms with van der Waals surface area (Å²) in [5, 5.41) is 2.55. The first-order chi connectivity index (χ1) is 14.4. The van der Waals surface area contributed by atoms with E-state index in [9.17, 15) is 18.0 Å². The van der Waals surface area contributed by atoms with Crippen LogP contribution in [0.5, 0.6) is 11.5 Å². The SMILES string of the molecule is O=C(Nc1ccc(OC(F)(F)F)cc1)c1ccc(COc2ccc3c(c2)CCC3)o1. The second-order valence-corrected chi connectivity index (χ2v) is 6.87. The van der Waals surface area contributed by atoms with E-state index < -0.39 is 12.3 Å². The van der Waals surface area contributed by atoms with E-state index in [0.29, 0.717) is 11.4 Å². The molecule has 0 atom stereocenters. The monoisotopic (exact) mass is 417 g/mol. The molecule has 2 aromatic carbocycles. The van der Waals surface area contributed by atoms with Crippen molar-refractivity contribution < 1.29 is 31.9 Å². The lowest BCUT2D eigenvalue weighted by Gasteiger charge is -2.09. The molecule has 0 spiro atoms. The van der Waals surface area contributed by atoms with Crippen LogP contribution in [0.1, 0.15) is 33.9 Å². The van der Waals surface area contributed by atoms with Crippen molar-refractivity contribution in [2.45, 2.75) is 32.2 Å². The first-order valence-corrected chi connectivity index (χ1v) is 9.36. The van der Waals surface area contributed by atoms with E-state index >= 15 is 0 Å². The van der Waals surface area contributed by atoms with Crippen LogP contribution in [0.25, 0.3) is 0 Å². The number of halogens is 3. The zero-order valence-electron chi connectivity index (χ0n) is 15.8. The topological polar surface area (TPSA) is 60.7 Å². The van der Waals surface area contributed by atoms with Gasteiger partial charge in [-0.05, 0) is 78.9 Å². The van der Waals surface area contributed by atoms with E-state index in [4.69, 9.17) is 9.15 Å². The number of carbonyl (C=O) groups excluding carboxylic acids is 1. The highest BCUT2D eigenvalue weighted by atomic mass is 19.4. The minimum atomic E-state index is -4.77. The molecule has 0 saturated heterocycles. The Bertz CT molecular complexity index is 1040. The number of anilines is 1. The number of ether oxygens (including phenoxy) is 2. The Labute approximate surface area is 170 Å². The standard InChI is InChI=1S/C22H18F3NO4/c23-22(24,25)30-17-8-5-16(6-9-17)26-21(27)20-11-10-19(29-20)13-28-18-7-4-14-2-1-3-15(14)12-18/h4-12H,1-3,13H2,(H,26,27). The van der Waals surface area contributed by atoms with Gasteiger partial charge < -0.3 is 19.2 Å². The van der Waals surface area contributed by atoms with Crippen LogP contribution >= 0.6 is 0 Å². The van der Waals surface area contributed by atoms with Crippen LogP contribution in [0.4, 0.5) is 18.9 Å². The summed E-state index contributed by atoms with van der Waals surface area (Å²) in [7, 11) is 0. The number of furan rings is 1. The maximum absolute atomic E-state index is 12.3. The van der Waals surface area contributed by atoms with E-state index in [-0.39, 0.29) is 18.1 Å². The molecular formula is C22H18F3NO4. The Balaban J connectivity index is 1.32. The average Bonchev–Trinajstić information content (AvgIpc) is 3.35. The lowest BCUT2D eigenvalue weighted by atomic mass is 10.1. The summed E-state index contributed by atoms with van der Waals surface area (Å²) in [6.07, 6.45) is -1.45. The number of nitrogens with one attached hydrogen (secondary N) is 1. The first-order valence-electron chi connectivity index (χ1n) is 9.36. The Morgan fingerprint density at radius 2 is 1.70 bits per heavy atom. The number of alkyl halides is 3. The number of carbonyl (C=O) groups is 1. The summed E-state index contributed by atoms with van der Waals surface area (Å²) in [6, 6.07) is 14.0. The smallest absolute Gasteiger partial charge is 0.486 e. The van der Waals surface area contributed by atoms with E-state index in [1.807, 2.05) is 12.1 Å². The predicted octanol–water partition coefficient (Wildman–Crippen LogP) is 5.50. The lowest BCUT2D eigenvalue weighted by Crippen LogP contribution is -2.17. The number of aryl methyl sites for hydroxylation is 2. The van der Waals surface area contributed by atoms with Crippen LogP contribution in [0, 0.1) is 0 Å². The van der Waals surface area contributed by atoms with Crippen LogP contribution in [-0.4, -0.2) is 12.3 Å². The minimum Gasteiger partial charge on any atom is -0.486 e. The Morgan fingerprint density at radius 3 is 2.47 bits per heavy atom. The Kier molecular flexibility index (Phi) is 5.39. The van der Waals surface area contributed by atoms with Crippen molar-refractivity contribution in [3.05, 3.63) is 77.2 Å². The van der Waals surface area contributed by atoms with Gasteiger partial charge in [-0.1, -0.05) is 6.07 Å². The van der Waals surface area contributed by atoms with Crippen molar-refractivity contribution in [1.82, 2.24) is 0 Å². The van der Waals surface area contributed by atoms with Crippen molar-refractivity contribution >= 4 is 11.6 Å². The molecule has 8 heteroatoms. The zero-order chi connectivity index (χ0) is 21.1. The summed E-state index contributed by atoms with van der Waals surface area (Å²) < 4.78 is 51.6. The first kappa shape index (κ1) is 19.9. The highest BCUT2D eigenvalue weighted by Crippen LogP contribution is 2.27. The highest BCUT2D eigenvalue weighted by molar-refractivity contribution is 6.02. The molecule has 5 nitrogen and oxygen atoms in total. The summed E-state index contributed by atoms with van der Waals surface area (Å²) in [5.74, 6) is 0.403. The van der Waals surface area contributed by atoms with E-state index in [1.54, 1.807) is 6.07 Å². The normalized spacial score (nSPS) is 13.0. The fourth-order valence-electron chi connectivity index (χ4n) is 3.30. The molecule has 0 unspecified atom stereocenters. The quantitative estimate of drug-likeness (QED) is 0.576. The molecule has 3 aromatic rings. The lowest BCUT2D eigenvalue weighted by molar-refractivity contribution is -0.274. The fraction of sp³-hybridized carbons (Fsp3) is 0.227. The maximum atomic E-state index is 12.3. The molecular weight excluding hydrogens is 399 g/mol. The molecule has 156 valence electrons. The third-order valence-electron chi connectivity index (χ3n) is 4.68. The summed E-state index contributed by atoms with van der Waals surface area (Å²) in [4.78, 5) is 12.3. The van der Waals surface area contributed by atoms with Gasteiger partial charge in [0.05, 0.1) is 0 Å². The van der Waals surface area contributed by atoms with Gasteiger partial charge in [-0.25, -0.2) is 0 Å². The molecule has 1 amide bonds. The molecule has 1 aliphatic carbocycles. The molecule has 1 aromatic heterocycles. The Hall–Kier alpha value is -3.42. The van der Waals surface area contributed by atoms with Crippen LogP contribution in [0.15, 0.2) is 59.0 Å².